The van der Waals surface area contributed by atoms with Gasteiger partial charge in [-0.1, -0.05) is 60.7 Å². The Morgan fingerprint density at radius 2 is 0.886 bits per heavy atom. The summed E-state index contributed by atoms with van der Waals surface area (Å²) < 4.78 is 5.86. The molecule has 0 aromatic heterocycles. The van der Waals surface area contributed by atoms with Gasteiger partial charge in [0, 0.05) is 23.5 Å². The number of nitrogens with one attached hydrogen (secondary N) is 2. The first-order valence-corrected chi connectivity index (χ1v) is 11.1. The first-order valence-electron chi connectivity index (χ1n) is 11.1. The molecule has 0 radical (unpaired) electrons. The zero-order chi connectivity index (χ0) is 24.3. The Balaban J connectivity index is 1.27. The summed E-state index contributed by atoms with van der Waals surface area (Å²) in [5.41, 5.74) is 3.25. The van der Waals surface area contributed by atoms with Gasteiger partial charge in [0.15, 0.2) is 0 Å². The van der Waals surface area contributed by atoms with Crippen LogP contribution in [0.15, 0.2) is 121 Å². The molecule has 0 aliphatic heterocycles. The lowest BCUT2D eigenvalue weighted by Gasteiger charge is -2.08. The number of carbonyl (C=O) groups excluding carboxylic acids is 2. The van der Waals surface area contributed by atoms with Crippen LogP contribution in [-0.2, 0) is 9.59 Å². The van der Waals surface area contributed by atoms with Crippen molar-refractivity contribution in [1.29, 1.82) is 0 Å². The number of hydrogen-bond donors (Lipinski definition) is 2. The Kier molecular flexibility index (Phi) is 7.85. The van der Waals surface area contributed by atoms with Crippen molar-refractivity contribution in [3.05, 3.63) is 132 Å². The maximum absolute atomic E-state index is 12.1. The monoisotopic (exact) mass is 460 g/mol. The van der Waals surface area contributed by atoms with Crippen LogP contribution in [-0.4, -0.2) is 11.8 Å². The summed E-state index contributed by atoms with van der Waals surface area (Å²) >= 11 is 0. The van der Waals surface area contributed by atoms with E-state index in [1.165, 1.54) is 12.2 Å². The third-order valence-electron chi connectivity index (χ3n) is 4.93. The zero-order valence-electron chi connectivity index (χ0n) is 18.9. The predicted octanol–water partition coefficient (Wildman–Crippen LogP) is 6.78. The molecule has 2 N–H and O–H groups in total. The molecule has 35 heavy (non-hydrogen) atoms. The minimum absolute atomic E-state index is 0.209. The molecule has 0 aliphatic rings. The molecule has 5 nitrogen and oxygen atoms in total. The Labute approximate surface area is 204 Å². The van der Waals surface area contributed by atoms with Crippen molar-refractivity contribution in [1.82, 2.24) is 0 Å². The van der Waals surface area contributed by atoms with Crippen molar-refractivity contribution in [2.45, 2.75) is 0 Å². The van der Waals surface area contributed by atoms with E-state index in [0.717, 1.165) is 11.1 Å². The fourth-order valence-electron chi connectivity index (χ4n) is 3.19. The summed E-state index contributed by atoms with van der Waals surface area (Å²) in [4.78, 5) is 24.2. The maximum Gasteiger partial charge on any atom is 0.248 e. The van der Waals surface area contributed by atoms with Gasteiger partial charge < -0.3 is 15.4 Å². The average Bonchev–Trinajstić information content (AvgIpc) is 2.90. The molecule has 0 atom stereocenters. The normalized spacial score (nSPS) is 10.9. The highest BCUT2D eigenvalue weighted by atomic mass is 16.5. The molecule has 4 aromatic carbocycles. The summed E-state index contributed by atoms with van der Waals surface area (Å²) in [5, 5.41) is 5.65. The lowest BCUT2D eigenvalue weighted by atomic mass is 10.2. The molecule has 0 saturated heterocycles. The van der Waals surface area contributed by atoms with Crippen molar-refractivity contribution in [3.8, 4) is 11.5 Å². The minimum atomic E-state index is -0.209. The number of benzene rings is 4. The molecule has 2 amide bonds. The largest absolute Gasteiger partial charge is 0.457 e. The van der Waals surface area contributed by atoms with E-state index in [2.05, 4.69) is 10.6 Å². The van der Waals surface area contributed by atoms with Crippen LogP contribution in [0.3, 0.4) is 0 Å². The van der Waals surface area contributed by atoms with Gasteiger partial charge in [0.25, 0.3) is 0 Å². The van der Waals surface area contributed by atoms with Crippen molar-refractivity contribution in [2.75, 3.05) is 10.6 Å². The van der Waals surface area contributed by atoms with Crippen molar-refractivity contribution in [2.24, 2.45) is 0 Å². The van der Waals surface area contributed by atoms with Gasteiger partial charge in [0.2, 0.25) is 11.8 Å². The molecule has 4 rings (SSSR count). The molecule has 0 aliphatic carbocycles. The van der Waals surface area contributed by atoms with Gasteiger partial charge in [0.05, 0.1) is 0 Å². The first kappa shape index (κ1) is 23.3. The van der Waals surface area contributed by atoms with E-state index in [4.69, 9.17) is 4.74 Å². The van der Waals surface area contributed by atoms with Crippen LogP contribution in [0.4, 0.5) is 11.4 Å². The molecular formula is C30H24N2O3. The smallest absolute Gasteiger partial charge is 0.248 e. The van der Waals surface area contributed by atoms with Crippen molar-refractivity contribution >= 4 is 35.3 Å². The Morgan fingerprint density at radius 3 is 1.26 bits per heavy atom. The van der Waals surface area contributed by atoms with Gasteiger partial charge in [0.1, 0.15) is 11.5 Å². The lowest BCUT2D eigenvalue weighted by Crippen LogP contribution is -2.07. The summed E-state index contributed by atoms with van der Waals surface area (Å²) in [5.74, 6) is 0.841. The van der Waals surface area contributed by atoms with E-state index in [1.807, 2.05) is 60.7 Å². The topological polar surface area (TPSA) is 67.4 Å². The summed E-state index contributed by atoms with van der Waals surface area (Å²) in [6.07, 6.45) is 6.52. The summed E-state index contributed by atoms with van der Waals surface area (Å²) in [6, 6.07) is 33.5. The quantitative estimate of drug-likeness (QED) is 0.285. The Hall–Kier alpha value is -4.90. The molecule has 5 heteroatoms. The summed E-state index contributed by atoms with van der Waals surface area (Å²) in [6.45, 7) is 0. The fourth-order valence-corrected chi connectivity index (χ4v) is 3.19. The van der Waals surface area contributed by atoms with Crippen LogP contribution in [0.2, 0.25) is 0 Å². The van der Waals surface area contributed by atoms with Crippen LogP contribution in [0.5, 0.6) is 11.5 Å². The van der Waals surface area contributed by atoms with Gasteiger partial charge >= 0.3 is 0 Å². The molecule has 0 unspecified atom stereocenters. The predicted molar refractivity (Wildman–Crippen MR) is 141 cm³/mol. The Morgan fingerprint density at radius 1 is 0.514 bits per heavy atom. The van der Waals surface area contributed by atoms with Crippen LogP contribution in [0, 0.1) is 0 Å². The van der Waals surface area contributed by atoms with Gasteiger partial charge in [-0.15, -0.1) is 0 Å². The number of rotatable bonds is 8. The molecule has 0 saturated carbocycles. The minimum Gasteiger partial charge on any atom is -0.457 e. The molecule has 0 spiro atoms. The molecule has 4 aromatic rings. The van der Waals surface area contributed by atoms with Crippen LogP contribution >= 0.6 is 0 Å². The molecule has 0 bridgehead atoms. The molecular weight excluding hydrogens is 436 g/mol. The van der Waals surface area contributed by atoms with Crippen LogP contribution in [0.25, 0.3) is 12.2 Å². The Bertz CT molecular complexity index is 1210. The second-order valence-corrected chi connectivity index (χ2v) is 7.62. The van der Waals surface area contributed by atoms with Gasteiger partial charge in [-0.2, -0.15) is 0 Å². The second-order valence-electron chi connectivity index (χ2n) is 7.62. The molecule has 172 valence electrons. The molecule has 0 heterocycles. The highest BCUT2D eigenvalue weighted by Gasteiger charge is 2.02. The SMILES string of the molecule is O=C(C=Cc1ccccc1)Nc1ccc(Oc2ccc(NC(=O)C=Cc3ccccc3)cc2)cc1. The van der Waals surface area contributed by atoms with E-state index in [0.29, 0.717) is 22.9 Å². The number of amides is 2. The van der Waals surface area contributed by atoms with Crippen molar-refractivity contribution < 1.29 is 14.3 Å². The van der Waals surface area contributed by atoms with E-state index in [-0.39, 0.29) is 11.8 Å². The third kappa shape index (κ3) is 7.58. The zero-order valence-corrected chi connectivity index (χ0v) is 18.9. The second kappa shape index (κ2) is 11.8. The van der Waals surface area contributed by atoms with Crippen molar-refractivity contribution in [3.63, 3.8) is 0 Å². The van der Waals surface area contributed by atoms with Gasteiger partial charge in [-0.25, -0.2) is 0 Å². The maximum atomic E-state index is 12.1. The standard InChI is InChI=1S/C30H24N2O3/c33-29(21-11-23-7-3-1-4-8-23)31-25-13-17-27(18-14-25)35-28-19-15-26(16-20-28)32-30(34)22-12-24-9-5-2-6-10-24/h1-22H,(H,31,33)(H,32,34). The highest BCUT2D eigenvalue weighted by Crippen LogP contribution is 2.24. The highest BCUT2D eigenvalue weighted by molar-refractivity contribution is 6.02. The first-order chi connectivity index (χ1) is 17.1. The average molecular weight is 461 g/mol. The lowest BCUT2D eigenvalue weighted by molar-refractivity contribution is -0.112. The summed E-state index contributed by atoms with van der Waals surface area (Å²) in [7, 11) is 0. The fraction of sp³-hybridized carbons (Fsp3) is 0. The number of carbonyl (C=O) groups is 2. The van der Waals surface area contributed by atoms with E-state index < -0.39 is 0 Å². The number of hydrogen-bond acceptors (Lipinski definition) is 3. The van der Waals surface area contributed by atoms with Crippen LogP contribution < -0.4 is 15.4 Å². The number of ether oxygens (including phenoxy) is 1. The van der Waals surface area contributed by atoms with E-state index >= 15 is 0 Å². The van der Waals surface area contributed by atoms with E-state index in [9.17, 15) is 9.59 Å². The molecule has 0 fully saturated rings. The third-order valence-corrected chi connectivity index (χ3v) is 4.93. The van der Waals surface area contributed by atoms with E-state index in [1.54, 1.807) is 60.7 Å². The van der Waals surface area contributed by atoms with Gasteiger partial charge in [-0.3, -0.25) is 9.59 Å². The van der Waals surface area contributed by atoms with Gasteiger partial charge in [-0.05, 0) is 71.8 Å². The van der Waals surface area contributed by atoms with Crippen LogP contribution in [0.1, 0.15) is 11.1 Å². The number of anilines is 2.